The van der Waals surface area contributed by atoms with Gasteiger partial charge < -0.3 is 26.0 Å². The largest absolute Gasteiger partial charge is 0.478 e. The minimum absolute atomic E-state index is 0.0861. The van der Waals surface area contributed by atoms with Gasteiger partial charge in [-0.25, -0.2) is 4.79 Å². The van der Waals surface area contributed by atoms with Gasteiger partial charge >= 0.3 is 5.97 Å². The molecule has 0 radical (unpaired) electrons. The van der Waals surface area contributed by atoms with Gasteiger partial charge in [-0.2, -0.15) is 11.8 Å². The molecule has 0 bridgehead atoms. The fraction of sp³-hybridized carbons (Fsp3) is 0.667. The van der Waals surface area contributed by atoms with E-state index in [9.17, 15) is 24.6 Å². The zero-order chi connectivity index (χ0) is 41.7. The predicted octanol–water partition coefficient (Wildman–Crippen LogP) is 8.09. The van der Waals surface area contributed by atoms with E-state index in [4.69, 9.17) is 5.11 Å². The van der Waals surface area contributed by atoms with Gasteiger partial charge in [0.25, 0.3) is 5.91 Å². The number of carbonyl (C=O) groups excluding carboxylic acids is 2. The van der Waals surface area contributed by atoms with Crippen molar-refractivity contribution in [2.24, 2.45) is 56.7 Å². The first-order valence-corrected chi connectivity index (χ1v) is 23.1. The number of carboxylic acids is 1. The number of pyridine rings is 1. The van der Waals surface area contributed by atoms with Crippen LogP contribution in [0.3, 0.4) is 0 Å². The lowest BCUT2D eigenvalue weighted by Gasteiger charge is -2.72. The van der Waals surface area contributed by atoms with Crippen LogP contribution in [0, 0.1) is 56.7 Å². The number of hydrogen-bond donors (Lipinski definition) is 5. The first kappa shape index (κ1) is 42.9. The van der Waals surface area contributed by atoms with Crippen molar-refractivity contribution in [3.8, 4) is 0 Å². The van der Waals surface area contributed by atoms with Crippen LogP contribution < -0.4 is 10.6 Å². The molecule has 9 nitrogen and oxygen atoms in total. The van der Waals surface area contributed by atoms with E-state index in [0.29, 0.717) is 47.7 Å². The number of nitrogens with zero attached hydrogens (tertiary/aromatic N) is 1. The van der Waals surface area contributed by atoms with Crippen LogP contribution in [0.1, 0.15) is 131 Å². The molecule has 5 fully saturated rings. The summed E-state index contributed by atoms with van der Waals surface area (Å²) in [5.74, 6) is 2.42. The monoisotopic (exact) mass is 813 g/mol. The summed E-state index contributed by atoms with van der Waals surface area (Å²) in [5.41, 5.74) is 3.30. The minimum Gasteiger partial charge on any atom is -0.478 e. The van der Waals surface area contributed by atoms with Crippen molar-refractivity contribution in [2.45, 2.75) is 118 Å². The molecule has 1 aromatic heterocycles. The molecule has 1 heterocycles. The van der Waals surface area contributed by atoms with Crippen molar-refractivity contribution >= 4 is 29.5 Å². The number of fused-ring (bicyclic) bond motifs is 7. The van der Waals surface area contributed by atoms with Gasteiger partial charge in [-0.3, -0.25) is 14.6 Å². The summed E-state index contributed by atoms with van der Waals surface area (Å²) in [7, 11) is 0. The first-order valence-electron chi connectivity index (χ1n) is 21.9. The number of amides is 2. The summed E-state index contributed by atoms with van der Waals surface area (Å²) in [5, 5.41) is 36.2. The summed E-state index contributed by atoms with van der Waals surface area (Å²) in [4.78, 5) is 43.2. The Morgan fingerprint density at radius 3 is 2.40 bits per heavy atom. The number of benzene rings is 1. The van der Waals surface area contributed by atoms with Crippen molar-refractivity contribution in [3.63, 3.8) is 0 Å². The molecule has 7 rings (SSSR count). The van der Waals surface area contributed by atoms with Crippen LogP contribution in [-0.2, 0) is 17.8 Å². The summed E-state index contributed by atoms with van der Waals surface area (Å²) in [6.07, 6.45) is 12.1. The zero-order valence-electron chi connectivity index (χ0n) is 35.4. The second kappa shape index (κ2) is 16.3. The topological polar surface area (TPSA) is 149 Å². The third-order valence-electron chi connectivity index (χ3n) is 17.3. The van der Waals surface area contributed by atoms with E-state index < -0.39 is 11.4 Å². The fourth-order valence-electron chi connectivity index (χ4n) is 14.1. The maximum Gasteiger partial charge on any atom is 0.337 e. The van der Waals surface area contributed by atoms with Crippen LogP contribution in [0.5, 0.6) is 0 Å². The van der Waals surface area contributed by atoms with Crippen molar-refractivity contribution in [3.05, 3.63) is 77.1 Å². The highest BCUT2D eigenvalue weighted by molar-refractivity contribution is 7.99. The number of carbonyl (C=O) groups is 3. The van der Waals surface area contributed by atoms with Crippen LogP contribution in [0.2, 0.25) is 0 Å². The average molecular weight is 814 g/mol. The average Bonchev–Trinajstić information content (AvgIpc) is 3.60. The molecule has 5 N–H and O–H groups in total. The zero-order valence-corrected chi connectivity index (χ0v) is 36.3. The molecule has 5 aliphatic rings. The molecule has 2 amide bonds. The predicted molar refractivity (Wildman–Crippen MR) is 229 cm³/mol. The van der Waals surface area contributed by atoms with Gasteiger partial charge in [0.15, 0.2) is 0 Å². The molecule has 58 heavy (non-hydrogen) atoms. The first-order chi connectivity index (χ1) is 27.5. The van der Waals surface area contributed by atoms with Crippen LogP contribution in [-0.4, -0.2) is 68.8 Å². The van der Waals surface area contributed by atoms with E-state index >= 15 is 0 Å². The molecule has 0 aliphatic heterocycles. The van der Waals surface area contributed by atoms with Gasteiger partial charge in [0.05, 0.1) is 35.9 Å². The third kappa shape index (κ3) is 7.25. The van der Waals surface area contributed by atoms with Crippen LogP contribution in [0.15, 0.2) is 54.7 Å². The molecule has 1 aromatic carbocycles. The Morgan fingerprint density at radius 1 is 0.879 bits per heavy atom. The smallest absolute Gasteiger partial charge is 0.337 e. The van der Waals surface area contributed by atoms with Gasteiger partial charge in [-0.05, 0) is 152 Å². The molecule has 10 heteroatoms. The van der Waals surface area contributed by atoms with Gasteiger partial charge in [-0.15, -0.1) is 0 Å². The van der Waals surface area contributed by atoms with Crippen molar-refractivity contribution < 1.29 is 29.7 Å². The van der Waals surface area contributed by atoms with Gasteiger partial charge in [0, 0.05) is 29.8 Å². The molecule has 2 aromatic rings. The molecule has 316 valence electrons. The molecular formula is C48H67N3O6S. The van der Waals surface area contributed by atoms with Gasteiger partial charge in [-0.1, -0.05) is 58.9 Å². The highest BCUT2D eigenvalue weighted by Gasteiger charge is 2.72. The van der Waals surface area contributed by atoms with Gasteiger partial charge in [0.1, 0.15) is 0 Å². The van der Waals surface area contributed by atoms with E-state index in [1.54, 1.807) is 23.9 Å². The number of nitrogens with one attached hydrogen (secondary N) is 2. The van der Waals surface area contributed by atoms with Crippen molar-refractivity contribution in [1.82, 2.24) is 15.6 Å². The molecule has 5 saturated carbocycles. The summed E-state index contributed by atoms with van der Waals surface area (Å²) < 4.78 is 0. The fourth-order valence-corrected chi connectivity index (χ4v) is 14.8. The summed E-state index contributed by atoms with van der Waals surface area (Å²) in [6, 6.07) is 10.6. The Balaban J connectivity index is 1.07. The number of aliphatic hydroxyl groups is 2. The Bertz CT molecular complexity index is 1880. The number of rotatable bonds is 13. The normalized spacial score (nSPS) is 36.1. The lowest BCUT2D eigenvalue weighted by Crippen LogP contribution is -2.67. The van der Waals surface area contributed by atoms with E-state index in [0.717, 1.165) is 62.7 Å². The maximum atomic E-state index is 14.9. The van der Waals surface area contributed by atoms with Crippen molar-refractivity contribution in [1.29, 1.82) is 0 Å². The molecule has 0 spiro atoms. The second-order valence-electron chi connectivity index (χ2n) is 20.0. The van der Waals surface area contributed by atoms with Crippen molar-refractivity contribution in [2.75, 3.05) is 24.7 Å². The number of aromatic nitrogens is 1. The number of carboxylic acid groups (broad SMARTS) is 1. The van der Waals surface area contributed by atoms with E-state index in [2.05, 4.69) is 56.8 Å². The minimum atomic E-state index is -1.05. The SMILES string of the molecule is C=C(CSCCO)C1CCC2(C(=O)NCCc3cccc(C(=O)NCc4ccc(C(=O)O)cn4)c3)CC[C@]3(C)C(CCC4[C@@]5(C)CC[C@H](O)C(C)(C)C5CC[C@]43C)C12. The molecule has 0 saturated heterocycles. The molecular weight excluding hydrogens is 747 g/mol. The second-order valence-corrected chi connectivity index (χ2v) is 21.1. The number of thioether (sulfide) groups is 1. The maximum absolute atomic E-state index is 14.9. The summed E-state index contributed by atoms with van der Waals surface area (Å²) >= 11 is 1.75. The van der Waals surface area contributed by atoms with Crippen LogP contribution in [0.25, 0.3) is 0 Å². The lowest BCUT2D eigenvalue weighted by atomic mass is 9.32. The highest BCUT2D eigenvalue weighted by Crippen LogP contribution is 2.77. The molecule has 6 unspecified atom stereocenters. The Labute approximate surface area is 350 Å². The third-order valence-corrected chi connectivity index (χ3v) is 18.3. The summed E-state index contributed by atoms with van der Waals surface area (Å²) in [6.45, 7) is 17.9. The van der Waals surface area contributed by atoms with E-state index in [1.807, 2.05) is 18.2 Å². The van der Waals surface area contributed by atoms with E-state index in [1.165, 1.54) is 30.7 Å². The molecule has 5 aliphatic carbocycles. The quantitative estimate of drug-likeness (QED) is 0.101. The lowest BCUT2D eigenvalue weighted by molar-refractivity contribution is -0.246. The van der Waals surface area contributed by atoms with Gasteiger partial charge in [0.2, 0.25) is 5.91 Å². The molecule has 10 atom stereocenters. The Morgan fingerprint density at radius 2 is 1.67 bits per heavy atom. The van der Waals surface area contributed by atoms with E-state index in [-0.39, 0.29) is 70.1 Å². The Kier molecular flexibility index (Phi) is 12.1. The number of hydrogen-bond acceptors (Lipinski definition) is 7. The van der Waals surface area contributed by atoms with Crippen LogP contribution >= 0.6 is 11.8 Å². The van der Waals surface area contributed by atoms with Crippen LogP contribution in [0.4, 0.5) is 0 Å². The number of aromatic carboxylic acids is 1. The highest BCUT2D eigenvalue weighted by atomic mass is 32.2. The Hall–Kier alpha value is -3.21. The number of aliphatic hydroxyl groups excluding tert-OH is 2. The standard InChI is InChI=1S/C48H67N3O6S/c1-30(29-58-25-24-52)35-14-20-48(43(57)49-23-17-31-8-7-9-32(26-31)41(54)51-28-34-11-10-33(27-50-34)42(55)56)22-21-46(5)36(40(35)48)12-13-38-45(4)18-16-39(53)44(2,3)37(45)15-19-47(38,46)6/h7-11,26-27,35-40,52-53H,1,12-25,28-29H2,2-6H3,(H,49,57)(H,51,54)(H,55,56)/t35?,36?,37?,38?,39-,40?,45-,46+,47+,48?/m0/s1.